The van der Waals surface area contributed by atoms with Crippen LogP contribution < -0.4 is 0 Å². The molecule has 0 aliphatic carbocycles. The molecule has 7 heteroatoms. The number of cyclic esters (lactones) is 1. The fourth-order valence-corrected chi connectivity index (χ4v) is 4.86. The van der Waals surface area contributed by atoms with Crippen LogP contribution in [-0.4, -0.2) is 69.1 Å². The van der Waals surface area contributed by atoms with E-state index in [1.165, 1.54) is 12.2 Å². The predicted molar refractivity (Wildman–Crippen MR) is 149 cm³/mol. The predicted octanol–water partition coefficient (Wildman–Crippen LogP) is 4.09. The molecule has 0 aromatic carbocycles. The molecule has 4 N–H and O–H groups in total. The van der Waals surface area contributed by atoms with E-state index in [0.29, 0.717) is 29.9 Å². The number of aliphatic hydroxyl groups is 4. The number of hydrogen-bond donors (Lipinski definition) is 4. The molecule has 0 unspecified atom stereocenters. The van der Waals surface area contributed by atoms with Crippen molar-refractivity contribution < 1.29 is 34.7 Å². The van der Waals surface area contributed by atoms with Gasteiger partial charge in [0.05, 0.1) is 6.10 Å². The van der Waals surface area contributed by atoms with Crippen LogP contribution in [0.5, 0.6) is 0 Å². The Bertz CT molecular complexity index is 946. The number of esters is 1. The zero-order chi connectivity index (χ0) is 28.6. The van der Waals surface area contributed by atoms with Crippen molar-refractivity contribution in [3.05, 3.63) is 72.4 Å². The van der Waals surface area contributed by atoms with E-state index >= 15 is 0 Å². The Balaban J connectivity index is 2.28. The molecule has 212 valence electrons. The Morgan fingerprint density at radius 2 is 1.71 bits per heavy atom. The van der Waals surface area contributed by atoms with Gasteiger partial charge >= 0.3 is 5.97 Å². The summed E-state index contributed by atoms with van der Waals surface area (Å²) in [5.74, 6) is -0.134. The molecule has 1 fully saturated rings. The molecule has 0 aromatic rings. The molecular weight excluding hydrogens is 484 g/mol. The van der Waals surface area contributed by atoms with Gasteiger partial charge in [-0.2, -0.15) is 0 Å². The van der Waals surface area contributed by atoms with E-state index < -0.39 is 36.5 Å². The summed E-state index contributed by atoms with van der Waals surface area (Å²) in [6.07, 6.45) is 5.05. The van der Waals surface area contributed by atoms with E-state index in [9.17, 15) is 25.2 Å². The third kappa shape index (κ3) is 9.17. The van der Waals surface area contributed by atoms with Crippen molar-refractivity contribution in [2.45, 2.75) is 103 Å². The fourth-order valence-electron chi connectivity index (χ4n) is 4.86. The number of carbonyl (C=O) groups excluding carboxylic acids is 1. The van der Waals surface area contributed by atoms with Crippen molar-refractivity contribution in [3.8, 4) is 0 Å². The summed E-state index contributed by atoms with van der Waals surface area (Å²) in [4.78, 5) is 12.8. The van der Waals surface area contributed by atoms with Gasteiger partial charge in [0.1, 0.15) is 36.6 Å². The molecule has 2 heterocycles. The first-order chi connectivity index (χ1) is 17.9. The lowest BCUT2D eigenvalue weighted by molar-refractivity contribution is -0.146. The number of ether oxygens (including phenoxy) is 2. The maximum Gasteiger partial charge on any atom is 0.331 e. The SMILES string of the molecule is C=C1C/C=C/[C@@H](O)[C@H](O)C(=C)[C@@H](O)[C@H](O)C(=C)C/C=C/C(C)=C/C(=O)O[C@H]([C@@H]2O[C@H]2[C@@H](C)CCC)[C@H](C)C1. The van der Waals surface area contributed by atoms with Crippen molar-refractivity contribution in [2.24, 2.45) is 11.8 Å². The number of aliphatic hydroxyl groups excluding tert-OH is 4. The summed E-state index contributed by atoms with van der Waals surface area (Å²) in [6, 6.07) is 0. The maximum absolute atomic E-state index is 12.8. The van der Waals surface area contributed by atoms with Crippen LogP contribution >= 0.6 is 0 Å². The van der Waals surface area contributed by atoms with Crippen molar-refractivity contribution >= 4 is 5.97 Å². The molecule has 38 heavy (non-hydrogen) atoms. The lowest BCUT2D eigenvalue weighted by Gasteiger charge is -2.26. The summed E-state index contributed by atoms with van der Waals surface area (Å²) in [6.45, 7) is 19.7. The first-order valence-corrected chi connectivity index (χ1v) is 13.5. The fraction of sp³-hybridized carbons (Fsp3) is 0.581. The summed E-state index contributed by atoms with van der Waals surface area (Å²) in [5, 5.41) is 41.8. The first-order valence-electron chi connectivity index (χ1n) is 13.5. The van der Waals surface area contributed by atoms with Crippen LogP contribution in [0, 0.1) is 11.8 Å². The molecule has 0 spiro atoms. The highest BCUT2D eigenvalue weighted by molar-refractivity contribution is 5.83. The Hall–Kier alpha value is -2.29. The average molecular weight is 531 g/mol. The van der Waals surface area contributed by atoms with Gasteiger partial charge in [0.15, 0.2) is 0 Å². The minimum absolute atomic E-state index is 0.0474. The van der Waals surface area contributed by atoms with Gasteiger partial charge in [0.2, 0.25) is 0 Å². The number of hydrogen-bond acceptors (Lipinski definition) is 7. The lowest BCUT2D eigenvalue weighted by atomic mass is 9.89. The van der Waals surface area contributed by atoms with Gasteiger partial charge in [-0.25, -0.2) is 4.79 Å². The second-order valence-electron chi connectivity index (χ2n) is 10.8. The summed E-state index contributed by atoms with van der Waals surface area (Å²) >= 11 is 0. The van der Waals surface area contributed by atoms with Gasteiger partial charge in [-0.3, -0.25) is 0 Å². The Morgan fingerprint density at radius 1 is 1.03 bits per heavy atom. The highest BCUT2D eigenvalue weighted by Gasteiger charge is 2.51. The zero-order valence-corrected chi connectivity index (χ0v) is 23.3. The topological polar surface area (TPSA) is 120 Å². The molecule has 9 atom stereocenters. The molecule has 0 radical (unpaired) electrons. The third-order valence-electron chi connectivity index (χ3n) is 7.26. The Kier molecular flexibility index (Phi) is 12.4. The molecular formula is C31H46O7. The van der Waals surface area contributed by atoms with Crippen LogP contribution in [0.1, 0.15) is 59.8 Å². The highest BCUT2D eigenvalue weighted by Crippen LogP contribution is 2.39. The van der Waals surface area contributed by atoms with Crippen molar-refractivity contribution in [2.75, 3.05) is 0 Å². The van der Waals surface area contributed by atoms with E-state index in [2.05, 4.69) is 33.6 Å². The van der Waals surface area contributed by atoms with E-state index in [4.69, 9.17) is 9.47 Å². The number of rotatable bonds is 4. The van der Waals surface area contributed by atoms with Crippen LogP contribution in [0.3, 0.4) is 0 Å². The monoisotopic (exact) mass is 530 g/mol. The minimum Gasteiger partial charge on any atom is -0.456 e. The van der Waals surface area contributed by atoms with Gasteiger partial charge in [-0.05, 0) is 61.2 Å². The van der Waals surface area contributed by atoms with Gasteiger partial charge in [-0.1, -0.05) is 76.8 Å². The van der Waals surface area contributed by atoms with Gasteiger partial charge in [-0.15, -0.1) is 0 Å². The molecule has 2 aliphatic rings. The van der Waals surface area contributed by atoms with E-state index in [1.54, 1.807) is 25.2 Å². The summed E-state index contributed by atoms with van der Waals surface area (Å²) < 4.78 is 11.9. The van der Waals surface area contributed by atoms with Gasteiger partial charge < -0.3 is 29.9 Å². The largest absolute Gasteiger partial charge is 0.456 e. The normalized spacial score (nSPS) is 38.5. The number of carbonyl (C=O) groups is 1. The minimum atomic E-state index is -1.51. The average Bonchev–Trinajstić information content (AvgIpc) is 3.65. The smallest absolute Gasteiger partial charge is 0.331 e. The van der Waals surface area contributed by atoms with Gasteiger partial charge in [0, 0.05) is 6.08 Å². The molecule has 2 aliphatic heterocycles. The molecule has 0 amide bonds. The van der Waals surface area contributed by atoms with E-state index in [0.717, 1.165) is 18.4 Å². The van der Waals surface area contributed by atoms with E-state index in [1.807, 2.05) is 6.92 Å². The lowest BCUT2D eigenvalue weighted by Crippen LogP contribution is -2.37. The van der Waals surface area contributed by atoms with Crippen LogP contribution in [0.25, 0.3) is 0 Å². The van der Waals surface area contributed by atoms with Crippen LogP contribution in [0.2, 0.25) is 0 Å². The molecule has 0 bridgehead atoms. The standard InChI is InChI=1S/C31H46O7/c1-8-11-21(5)29-31(38-29)30-22(6)16-18(2)13-10-15-24(32)27(35)23(7)28(36)26(34)20(4)14-9-12-19(3)17-25(33)37-30/h9-10,12,15,17,21-22,24,26-32,34-36H,2,4,7-8,11,13-14,16H2,1,3,5-6H3/b12-9+,15-10+,19-17+/t21-,22+,24+,26+,27+,28+,29-,30-,31+/m0/s1. The van der Waals surface area contributed by atoms with Crippen molar-refractivity contribution in [3.63, 3.8) is 0 Å². The summed E-state index contributed by atoms with van der Waals surface area (Å²) in [7, 11) is 0. The third-order valence-corrected chi connectivity index (χ3v) is 7.26. The van der Waals surface area contributed by atoms with Crippen molar-refractivity contribution in [1.29, 1.82) is 0 Å². The molecule has 2 rings (SSSR count). The molecule has 1 saturated heterocycles. The highest BCUT2D eigenvalue weighted by atomic mass is 16.6. The second-order valence-corrected chi connectivity index (χ2v) is 10.8. The van der Waals surface area contributed by atoms with Crippen LogP contribution in [0.4, 0.5) is 0 Å². The molecule has 0 aromatic heterocycles. The number of epoxide rings is 1. The van der Waals surface area contributed by atoms with Crippen LogP contribution in [0.15, 0.2) is 72.4 Å². The summed E-state index contributed by atoms with van der Waals surface area (Å²) in [5.41, 5.74) is 1.70. The second kappa shape index (κ2) is 14.8. The van der Waals surface area contributed by atoms with Crippen LogP contribution in [-0.2, 0) is 14.3 Å². The number of allylic oxidation sites excluding steroid dienone is 5. The molecule has 7 nitrogen and oxygen atoms in total. The first kappa shape index (κ1) is 31.9. The quantitative estimate of drug-likeness (QED) is 0.245. The molecule has 0 saturated carbocycles. The van der Waals surface area contributed by atoms with Gasteiger partial charge in [0.25, 0.3) is 0 Å². The zero-order valence-electron chi connectivity index (χ0n) is 23.3. The van der Waals surface area contributed by atoms with Crippen molar-refractivity contribution in [1.82, 2.24) is 0 Å². The maximum atomic E-state index is 12.8. The van der Waals surface area contributed by atoms with E-state index in [-0.39, 0.29) is 30.1 Å². The Morgan fingerprint density at radius 3 is 2.37 bits per heavy atom. The Labute approximate surface area is 227 Å².